The summed E-state index contributed by atoms with van der Waals surface area (Å²) in [6.45, 7) is 2.40. The third kappa shape index (κ3) is 13.7. The van der Waals surface area contributed by atoms with Crippen molar-refractivity contribution in [2.75, 3.05) is 67.7 Å². The molecule has 2 aliphatic rings. The Morgan fingerprint density at radius 3 is 1.48 bits per heavy atom. The largest absolute Gasteiger partial charge is 0.493 e. The Labute approximate surface area is 407 Å². The number of carbonyl (C=O) groups excluding carboxylic acids is 3. The normalized spacial score (nSPS) is 13.8. The highest BCUT2D eigenvalue weighted by atomic mass is 35.5. The van der Waals surface area contributed by atoms with E-state index in [1.54, 1.807) is 92.8 Å². The van der Waals surface area contributed by atoms with E-state index in [0.29, 0.717) is 101 Å². The number of nitrogens with zero attached hydrogens (tertiary/aromatic N) is 6. The Hall–Kier alpha value is -7.22. The molecule has 0 radical (unpaired) electrons. The molecule has 0 spiro atoms. The molecule has 2 fully saturated rings. The molecule has 0 bridgehead atoms. The van der Waals surface area contributed by atoms with Crippen LogP contribution in [0.2, 0.25) is 10.0 Å². The maximum absolute atomic E-state index is 12.6. The van der Waals surface area contributed by atoms with E-state index in [1.165, 1.54) is 12.1 Å². The molecule has 0 unspecified atom stereocenters. The van der Waals surface area contributed by atoms with Gasteiger partial charge in [-0.05, 0) is 98.5 Å². The monoisotopic (exact) mass is 986 g/mol. The van der Waals surface area contributed by atoms with Gasteiger partial charge >= 0.3 is 5.97 Å². The van der Waals surface area contributed by atoms with Crippen molar-refractivity contribution in [2.24, 2.45) is 5.73 Å². The van der Waals surface area contributed by atoms with Crippen molar-refractivity contribution in [3.05, 3.63) is 118 Å². The summed E-state index contributed by atoms with van der Waals surface area (Å²) in [4.78, 5) is 59.3. The zero-order valence-electron chi connectivity index (χ0n) is 38.4. The van der Waals surface area contributed by atoms with Crippen molar-refractivity contribution in [3.63, 3.8) is 0 Å². The van der Waals surface area contributed by atoms with Gasteiger partial charge in [-0.3, -0.25) is 14.4 Å². The van der Waals surface area contributed by atoms with E-state index in [-0.39, 0.29) is 48.2 Å². The third-order valence-corrected chi connectivity index (χ3v) is 11.8. The third-order valence-electron chi connectivity index (χ3n) is 11.3. The fourth-order valence-corrected chi connectivity index (χ4v) is 7.87. The number of hydrogen-bond acceptors (Lipinski definition) is 15. The van der Waals surface area contributed by atoms with Crippen LogP contribution in [0.25, 0.3) is 22.8 Å². The molecule has 3 amide bonds. The summed E-state index contributed by atoms with van der Waals surface area (Å²) < 4.78 is 32.1. The molecule has 2 saturated heterocycles. The van der Waals surface area contributed by atoms with Gasteiger partial charge in [0.25, 0.3) is 5.91 Å². The number of halogens is 2. The second kappa shape index (κ2) is 24.7. The van der Waals surface area contributed by atoms with Crippen molar-refractivity contribution in [1.82, 2.24) is 35.4 Å². The molecule has 0 aliphatic carbocycles. The molecule has 69 heavy (non-hydrogen) atoms. The molecule has 8 rings (SSSR count). The van der Waals surface area contributed by atoms with Crippen molar-refractivity contribution in [2.45, 2.75) is 37.5 Å². The highest BCUT2D eigenvalue weighted by Gasteiger charge is 2.29. The second-order valence-electron chi connectivity index (χ2n) is 15.6. The number of hydrogen-bond donors (Lipinski definition) is 3. The van der Waals surface area contributed by atoms with Crippen LogP contribution in [0.4, 0.5) is 0 Å². The number of benzene rings is 4. The average Bonchev–Trinajstić information content (AvgIpc) is 4.10. The molecule has 2 aliphatic heterocycles. The number of nitrogens with one attached hydrogen (secondary N) is 1. The van der Waals surface area contributed by atoms with E-state index in [4.69, 9.17) is 62.0 Å². The number of nitrogens with two attached hydrogens (primary N) is 1. The van der Waals surface area contributed by atoms with Gasteiger partial charge in [0.1, 0.15) is 0 Å². The van der Waals surface area contributed by atoms with Crippen molar-refractivity contribution in [1.29, 1.82) is 0 Å². The number of aromatic nitrogens is 4. The Bertz CT molecular complexity index is 2700. The Morgan fingerprint density at radius 1 is 0.638 bits per heavy atom. The molecular formula is C48H52Cl2N8O11. The van der Waals surface area contributed by atoms with Gasteiger partial charge < -0.3 is 54.0 Å². The van der Waals surface area contributed by atoms with Gasteiger partial charge in [-0.25, -0.2) is 4.79 Å². The first-order valence-electron chi connectivity index (χ1n) is 21.7. The first kappa shape index (κ1) is 51.2. The lowest BCUT2D eigenvalue weighted by Gasteiger charge is -2.30. The number of ether oxygens (including phenoxy) is 4. The smallest absolute Gasteiger partial charge is 0.335 e. The van der Waals surface area contributed by atoms with Gasteiger partial charge in [0.15, 0.2) is 23.0 Å². The van der Waals surface area contributed by atoms with Crippen LogP contribution >= 0.6 is 23.2 Å². The zero-order chi connectivity index (χ0) is 49.5. The van der Waals surface area contributed by atoms with Crippen molar-refractivity contribution >= 4 is 46.9 Å². The average molecular weight is 988 g/mol. The van der Waals surface area contributed by atoms with Gasteiger partial charge in [0.05, 0.1) is 47.1 Å². The van der Waals surface area contributed by atoms with Crippen LogP contribution in [-0.4, -0.2) is 127 Å². The molecule has 364 valence electrons. The minimum absolute atomic E-state index is 0.0185. The quantitative estimate of drug-likeness (QED) is 0.105. The van der Waals surface area contributed by atoms with Crippen LogP contribution in [-0.2, 0) is 9.59 Å². The Kier molecular flexibility index (Phi) is 18.3. The first-order chi connectivity index (χ1) is 33.3. The number of likely N-dealkylation sites (tertiary alicyclic amines) is 2. The SMILES string of the molecule is COc1ccc(-c2noc(C3CCN(C(=O)CN)CC3)n2)cc1OC.COc1ccc(-c2noc(C3CCN(C(=O)CNC(=O)c4cccc(Cl)c4)CC3)n2)cc1OC.O=C(O)c1cccc(Cl)c1. The van der Waals surface area contributed by atoms with E-state index < -0.39 is 5.97 Å². The predicted molar refractivity (Wildman–Crippen MR) is 254 cm³/mol. The Balaban J connectivity index is 0.000000195. The van der Waals surface area contributed by atoms with Crippen molar-refractivity contribution < 1.29 is 52.3 Å². The second-order valence-corrected chi connectivity index (χ2v) is 16.4. The summed E-state index contributed by atoms with van der Waals surface area (Å²) in [7, 11) is 6.32. The summed E-state index contributed by atoms with van der Waals surface area (Å²) in [5.41, 5.74) is 7.60. The van der Waals surface area contributed by atoms with Gasteiger partial charge in [0, 0.05) is 64.8 Å². The van der Waals surface area contributed by atoms with Gasteiger partial charge in [0.2, 0.25) is 35.2 Å². The number of methoxy groups -OCH3 is 4. The van der Waals surface area contributed by atoms with E-state index in [9.17, 15) is 19.2 Å². The fraction of sp³-hybridized carbons (Fsp3) is 0.333. The van der Waals surface area contributed by atoms with Crippen LogP contribution in [0.5, 0.6) is 23.0 Å². The summed E-state index contributed by atoms with van der Waals surface area (Å²) in [5, 5.41) is 20.2. The minimum Gasteiger partial charge on any atom is -0.493 e. The molecule has 21 heteroatoms. The lowest BCUT2D eigenvalue weighted by Crippen LogP contribution is -2.43. The van der Waals surface area contributed by atoms with Gasteiger partial charge in [-0.2, -0.15) is 9.97 Å². The highest BCUT2D eigenvalue weighted by Crippen LogP contribution is 2.35. The van der Waals surface area contributed by atoms with Crippen LogP contribution in [0.1, 0.15) is 70.0 Å². The number of amides is 3. The molecule has 19 nitrogen and oxygen atoms in total. The topological polar surface area (TPSA) is 248 Å². The number of carboxylic acids is 1. The summed E-state index contributed by atoms with van der Waals surface area (Å²) in [6.07, 6.45) is 2.97. The standard InChI is InChI=1S/C24H25ClN4O5.C17H22N4O4.C7H5ClO2/c1-32-19-7-6-16(13-20(19)33-2)22-27-24(34-28-22)15-8-10-29(11-9-15)21(30)14-26-23(31)17-4-3-5-18(25)12-17;1-23-13-4-3-12(9-14(13)24-2)16-19-17(25-20-16)11-5-7-21(8-6-11)15(22)10-18;8-6-3-1-2-5(4-6)7(9)10/h3-7,12-13,15H,8-11,14H2,1-2H3,(H,26,31);3-4,9,11H,5-8,10,18H2,1-2H3;1-4H,(H,9,10). The molecule has 4 N–H and O–H groups in total. The van der Waals surface area contributed by atoms with E-state index in [2.05, 4.69) is 25.6 Å². The number of carboxylic acid groups (broad SMARTS) is 1. The van der Waals surface area contributed by atoms with Gasteiger partial charge in [-0.1, -0.05) is 45.6 Å². The molecule has 4 heterocycles. The number of piperidine rings is 2. The lowest BCUT2D eigenvalue weighted by molar-refractivity contribution is -0.131. The molecule has 0 atom stereocenters. The lowest BCUT2D eigenvalue weighted by atomic mass is 9.96. The number of aromatic carboxylic acids is 1. The van der Waals surface area contributed by atoms with Crippen LogP contribution in [0.3, 0.4) is 0 Å². The summed E-state index contributed by atoms with van der Waals surface area (Å²) in [5.74, 6) is 3.37. The molecule has 2 aromatic heterocycles. The summed E-state index contributed by atoms with van der Waals surface area (Å²) in [6, 6.07) is 23.6. The van der Waals surface area contributed by atoms with Crippen LogP contribution < -0.4 is 30.0 Å². The summed E-state index contributed by atoms with van der Waals surface area (Å²) >= 11 is 11.4. The van der Waals surface area contributed by atoms with E-state index >= 15 is 0 Å². The Morgan fingerprint density at radius 2 is 1.07 bits per heavy atom. The minimum atomic E-state index is -0.956. The molecule has 0 saturated carbocycles. The zero-order valence-corrected chi connectivity index (χ0v) is 39.9. The van der Waals surface area contributed by atoms with Crippen LogP contribution in [0.15, 0.2) is 94.0 Å². The predicted octanol–water partition coefficient (Wildman–Crippen LogP) is 7.00. The first-order valence-corrected chi connectivity index (χ1v) is 22.5. The number of rotatable bonds is 13. The molecular weight excluding hydrogens is 935 g/mol. The fourth-order valence-electron chi connectivity index (χ4n) is 7.49. The van der Waals surface area contributed by atoms with E-state index in [1.807, 2.05) is 18.2 Å². The van der Waals surface area contributed by atoms with Crippen molar-refractivity contribution in [3.8, 4) is 45.8 Å². The van der Waals surface area contributed by atoms with E-state index in [0.717, 1.165) is 24.0 Å². The van der Waals surface area contributed by atoms with Gasteiger partial charge in [-0.15, -0.1) is 0 Å². The maximum atomic E-state index is 12.6. The maximum Gasteiger partial charge on any atom is 0.335 e. The molecule has 4 aromatic carbocycles. The number of carbonyl (C=O) groups is 4. The molecule has 6 aromatic rings. The van der Waals surface area contributed by atoms with Crippen LogP contribution in [0, 0.1) is 0 Å². The highest BCUT2D eigenvalue weighted by molar-refractivity contribution is 6.31.